The summed E-state index contributed by atoms with van der Waals surface area (Å²) < 4.78 is 1.01. The van der Waals surface area contributed by atoms with Crippen molar-refractivity contribution in [3.8, 4) is 0 Å². The molecule has 1 heterocycles. The van der Waals surface area contributed by atoms with Crippen molar-refractivity contribution in [3.05, 3.63) is 46.2 Å². The van der Waals surface area contributed by atoms with Crippen LogP contribution in [-0.4, -0.2) is 15.9 Å². The third-order valence-corrected chi connectivity index (χ3v) is 2.84. The van der Waals surface area contributed by atoms with Gasteiger partial charge >= 0.3 is 0 Å². The lowest BCUT2D eigenvalue weighted by Crippen LogP contribution is -2.22. The average Bonchev–Trinajstić information content (AvgIpc) is 2.30. The second-order valence-corrected chi connectivity index (χ2v) is 5.00. The lowest BCUT2D eigenvalue weighted by atomic mass is 10.3. The molecule has 0 amide bonds. The number of halogens is 1. The van der Waals surface area contributed by atoms with Gasteiger partial charge in [0.15, 0.2) is 0 Å². The summed E-state index contributed by atoms with van der Waals surface area (Å²) in [7, 11) is 0. The van der Waals surface area contributed by atoms with Crippen LogP contribution in [0.5, 0.6) is 0 Å². The number of hydrogen-bond donors (Lipinski definition) is 2. The molecule has 2 rings (SSSR count). The van der Waals surface area contributed by atoms with Gasteiger partial charge < -0.3 is 11.1 Å². The molecule has 0 aliphatic carbocycles. The highest BCUT2D eigenvalue weighted by atomic mass is 79.9. The Hall–Kier alpha value is -1.95. The molecule has 0 saturated carbocycles. The number of nitrogens with zero attached hydrogens (tertiary/aromatic N) is 3. The Labute approximate surface area is 120 Å². The molecule has 0 aliphatic rings. The summed E-state index contributed by atoms with van der Waals surface area (Å²) in [5, 5.41) is 2.98. The van der Waals surface area contributed by atoms with Crippen molar-refractivity contribution in [1.82, 2.24) is 9.97 Å². The maximum absolute atomic E-state index is 5.82. The van der Waals surface area contributed by atoms with Crippen LogP contribution in [0.2, 0.25) is 0 Å². The molecule has 0 bridgehead atoms. The number of nitrogens with one attached hydrogen (secondary N) is 1. The Morgan fingerprint density at radius 1 is 1.16 bits per heavy atom. The molecule has 6 heteroatoms. The highest BCUT2D eigenvalue weighted by Gasteiger charge is 2.00. The van der Waals surface area contributed by atoms with Crippen LogP contribution in [0, 0.1) is 13.8 Å². The van der Waals surface area contributed by atoms with Crippen LogP contribution in [0.1, 0.15) is 11.4 Å². The number of aryl methyl sites for hydroxylation is 2. The first kappa shape index (κ1) is 13.5. The fourth-order valence-corrected chi connectivity index (χ4v) is 1.84. The smallest absolute Gasteiger partial charge is 0.253 e. The third-order valence-electron chi connectivity index (χ3n) is 2.31. The molecular formula is C13H14BrN5. The number of benzene rings is 1. The van der Waals surface area contributed by atoms with Gasteiger partial charge in [-0.2, -0.15) is 4.99 Å². The van der Waals surface area contributed by atoms with Gasteiger partial charge in [-0.3, -0.25) is 0 Å². The minimum Gasteiger partial charge on any atom is -0.369 e. The zero-order valence-corrected chi connectivity index (χ0v) is 12.3. The summed E-state index contributed by atoms with van der Waals surface area (Å²) >= 11 is 3.37. The van der Waals surface area contributed by atoms with Crippen LogP contribution in [0.25, 0.3) is 0 Å². The first-order chi connectivity index (χ1) is 9.02. The lowest BCUT2D eigenvalue weighted by molar-refractivity contribution is 1.04. The number of hydrogen-bond acceptors (Lipinski definition) is 3. The standard InChI is InChI=1S/C13H14BrN5/c1-8-7-9(2)17-13(16-8)19-12(15)18-11-5-3-10(14)4-6-11/h3-7H,1-2H3,(H3,15,16,17,18,19). The summed E-state index contributed by atoms with van der Waals surface area (Å²) in [5.74, 6) is 0.618. The van der Waals surface area contributed by atoms with Crippen molar-refractivity contribution in [3.63, 3.8) is 0 Å². The number of rotatable bonds is 2. The van der Waals surface area contributed by atoms with Crippen LogP contribution >= 0.6 is 15.9 Å². The van der Waals surface area contributed by atoms with Crippen LogP contribution in [0.4, 0.5) is 11.6 Å². The molecule has 3 N–H and O–H groups in total. The van der Waals surface area contributed by atoms with Crippen molar-refractivity contribution in [2.24, 2.45) is 10.7 Å². The molecule has 0 saturated heterocycles. The van der Waals surface area contributed by atoms with E-state index in [1.807, 2.05) is 44.2 Å². The minimum atomic E-state index is 0.257. The van der Waals surface area contributed by atoms with E-state index in [0.29, 0.717) is 5.95 Å². The Morgan fingerprint density at radius 2 is 1.74 bits per heavy atom. The molecule has 5 nitrogen and oxygen atoms in total. The Morgan fingerprint density at radius 3 is 2.32 bits per heavy atom. The fraction of sp³-hybridized carbons (Fsp3) is 0.154. The molecule has 0 radical (unpaired) electrons. The summed E-state index contributed by atoms with van der Waals surface area (Å²) in [6.45, 7) is 3.79. The van der Waals surface area contributed by atoms with Crippen LogP contribution in [0.3, 0.4) is 0 Å². The van der Waals surface area contributed by atoms with Gasteiger partial charge in [0.1, 0.15) is 0 Å². The molecule has 0 spiro atoms. The van der Waals surface area contributed by atoms with E-state index in [1.54, 1.807) is 0 Å². The zero-order chi connectivity index (χ0) is 13.8. The Balaban J connectivity index is 2.16. The first-order valence-electron chi connectivity index (χ1n) is 5.72. The monoisotopic (exact) mass is 319 g/mol. The zero-order valence-electron chi connectivity index (χ0n) is 10.7. The predicted octanol–water partition coefficient (Wildman–Crippen LogP) is 2.91. The van der Waals surface area contributed by atoms with Gasteiger partial charge in [-0.25, -0.2) is 9.97 Å². The van der Waals surface area contributed by atoms with Gasteiger partial charge in [-0.1, -0.05) is 15.9 Å². The number of anilines is 1. The second kappa shape index (κ2) is 5.79. The van der Waals surface area contributed by atoms with E-state index in [9.17, 15) is 0 Å². The average molecular weight is 320 g/mol. The van der Waals surface area contributed by atoms with Crippen molar-refractivity contribution in [2.75, 3.05) is 5.32 Å². The Kier molecular flexibility index (Phi) is 4.11. The van der Waals surface area contributed by atoms with Gasteiger partial charge in [0.2, 0.25) is 5.96 Å². The maximum atomic E-state index is 5.82. The van der Waals surface area contributed by atoms with Crippen LogP contribution < -0.4 is 11.1 Å². The van der Waals surface area contributed by atoms with Crippen LogP contribution in [0.15, 0.2) is 39.8 Å². The van der Waals surface area contributed by atoms with E-state index in [1.165, 1.54) is 0 Å². The molecule has 0 atom stereocenters. The molecule has 0 fully saturated rings. The van der Waals surface area contributed by atoms with Crippen molar-refractivity contribution >= 4 is 33.5 Å². The summed E-state index contributed by atoms with van der Waals surface area (Å²) in [6.07, 6.45) is 0. The van der Waals surface area contributed by atoms with E-state index < -0.39 is 0 Å². The largest absolute Gasteiger partial charge is 0.369 e. The molecule has 1 aromatic carbocycles. The fourth-order valence-electron chi connectivity index (χ4n) is 1.57. The summed E-state index contributed by atoms with van der Waals surface area (Å²) in [5.41, 5.74) is 8.41. The molecule has 2 aromatic rings. The Bertz CT molecular complexity index is 587. The lowest BCUT2D eigenvalue weighted by Gasteiger charge is -2.05. The highest BCUT2D eigenvalue weighted by Crippen LogP contribution is 2.14. The number of nitrogens with two attached hydrogens (primary N) is 1. The molecule has 0 aliphatic heterocycles. The predicted molar refractivity (Wildman–Crippen MR) is 80.6 cm³/mol. The number of aromatic nitrogens is 2. The molecular weight excluding hydrogens is 306 g/mol. The second-order valence-electron chi connectivity index (χ2n) is 4.08. The van der Waals surface area contributed by atoms with Gasteiger partial charge in [0, 0.05) is 21.5 Å². The third kappa shape index (κ3) is 4.03. The number of aliphatic imine (C=N–C) groups is 1. The summed E-state index contributed by atoms with van der Waals surface area (Å²) in [4.78, 5) is 12.6. The van der Waals surface area contributed by atoms with E-state index in [2.05, 4.69) is 36.2 Å². The quantitative estimate of drug-likeness (QED) is 0.659. The van der Waals surface area contributed by atoms with Crippen molar-refractivity contribution in [2.45, 2.75) is 13.8 Å². The summed E-state index contributed by atoms with van der Waals surface area (Å²) in [6, 6.07) is 9.52. The van der Waals surface area contributed by atoms with Gasteiger partial charge in [0.05, 0.1) is 0 Å². The first-order valence-corrected chi connectivity index (χ1v) is 6.51. The van der Waals surface area contributed by atoms with Crippen molar-refractivity contribution < 1.29 is 0 Å². The normalized spacial score (nSPS) is 11.4. The maximum Gasteiger partial charge on any atom is 0.253 e. The highest BCUT2D eigenvalue weighted by molar-refractivity contribution is 9.10. The van der Waals surface area contributed by atoms with E-state index >= 15 is 0 Å². The number of guanidine groups is 1. The molecule has 1 aromatic heterocycles. The van der Waals surface area contributed by atoms with Gasteiger partial charge in [-0.05, 0) is 44.2 Å². The SMILES string of the molecule is Cc1cc(C)nc(/N=C(/N)Nc2ccc(Br)cc2)n1. The molecule has 19 heavy (non-hydrogen) atoms. The molecule has 98 valence electrons. The van der Waals surface area contributed by atoms with E-state index in [4.69, 9.17) is 5.73 Å². The van der Waals surface area contributed by atoms with Crippen LogP contribution in [-0.2, 0) is 0 Å². The minimum absolute atomic E-state index is 0.257. The topological polar surface area (TPSA) is 76.2 Å². The van der Waals surface area contributed by atoms with Gasteiger partial charge in [0.25, 0.3) is 5.95 Å². The van der Waals surface area contributed by atoms with Gasteiger partial charge in [-0.15, -0.1) is 0 Å². The molecule has 0 unspecified atom stereocenters. The van der Waals surface area contributed by atoms with E-state index in [-0.39, 0.29) is 5.96 Å². The van der Waals surface area contributed by atoms with Crippen molar-refractivity contribution in [1.29, 1.82) is 0 Å². The van der Waals surface area contributed by atoms with E-state index in [0.717, 1.165) is 21.5 Å².